The lowest BCUT2D eigenvalue weighted by Crippen LogP contribution is -2.33. The van der Waals surface area contributed by atoms with Gasteiger partial charge in [0.05, 0.1) is 6.26 Å². The third kappa shape index (κ3) is 2.45. The Morgan fingerprint density at radius 3 is 2.91 bits per heavy atom. The van der Waals surface area contributed by atoms with Crippen molar-refractivity contribution in [1.82, 2.24) is 5.32 Å². The van der Waals surface area contributed by atoms with Crippen LogP contribution in [0.5, 0.6) is 0 Å². The molecule has 4 atom stereocenters. The molecule has 0 radical (unpaired) electrons. The number of ketones is 1. The van der Waals surface area contributed by atoms with Gasteiger partial charge in [-0.15, -0.1) is 0 Å². The van der Waals surface area contributed by atoms with Crippen LogP contribution in [0.3, 0.4) is 0 Å². The van der Waals surface area contributed by atoms with Crippen LogP contribution < -0.4 is 5.32 Å². The molecule has 3 fully saturated rings. The summed E-state index contributed by atoms with van der Waals surface area (Å²) in [7, 11) is 0. The third-order valence-corrected chi connectivity index (χ3v) is 6.58. The van der Waals surface area contributed by atoms with Gasteiger partial charge in [0.25, 0.3) is 0 Å². The molecule has 0 saturated heterocycles. The molecule has 3 heteroatoms. The van der Waals surface area contributed by atoms with Crippen molar-refractivity contribution in [1.29, 1.82) is 0 Å². The quantitative estimate of drug-likeness (QED) is 0.851. The molecule has 4 rings (SSSR count). The molecule has 0 unspecified atom stereocenters. The first-order valence-corrected chi connectivity index (χ1v) is 9.01. The monoisotopic (exact) mass is 313 g/mol. The van der Waals surface area contributed by atoms with E-state index in [-0.39, 0.29) is 0 Å². The highest BCUT2D eigenvalue weighted by Crippen LogP contribution is 2.68. The van der Waals surface area contributed by atoms with Crippen molar-refractivity contribution in [3.05, 3.63) is 35.4 Å². The zero-order valence-corrected chi connectivity index (χ0v) is 14.4. The lowest BCUT2D eigenvalue weighted by Gasteiger charge is -2.23. The lowest BCUT2D eigenvalue weighted by atomic mass is 9.94. The number of fused-ring (bicyclic) bond motifs is 1. The van der Waals surface area contributed by atoms with Gasteiger partial charge in [0.1, 0.15) is 5.76 Å². The first-order valence-electron chi connectivity index (χ1n) is 9.01. The number of allylic oxidation sites excluding steroid dienone is 2. The highest BCUT2D eigenvalue weighted by molar-refractivity contribution is 6.01. The topological polar surface area (TPSA) is 42.2 Å². The van der Waals surface area contributed by atoms with Gasteiger partial charge in [-0.3, -0.25) is 4.79 Å². The molecule has 0 amide bonds. The average Bonchev–Trinajstić information content (AvgIpc) is 3.04. The summed E-state index contributed by atoms with van der Waals surface area (Å²) >= 11 is 0. The van der Waals surface area contributed by atoms with E-state index in [1.807, 2.05) is 6.07 Å². The number of nitrogens with one attached hydrogen (secondary N) is 1. The van der Waals surface area contributed by atoms with Crippen LogP contribution in [0, 0.1) is 23.2 Å². The summed E-state index contributed by atoms with van der Waals surface area (Å²) in [6.45, 7) is 6.72. The van der Waals surface area contributed by atoms with Crippen LogP contribution in [-0.2, 0) is 11.2 Å². The summed E-state index contributed by atoms with van der Waals surface area (Å²) in [5, 5.41) is 3.73. The number of Topliss-reactive ketones (excluding diaryl/α,β-unsaturated/α-hetero) is 1. The Kier molecular flexibility index (Phi) is 3.44. The van der Waals surface area contributed by atoms with Crippen LogP contribution in [0.4, 0.5) is 0 Å². The normalized spacial score (nSPS) is 36.9. The maximum Gasteiger partial charge on any atom is 0.161 e. The van der Waals surface area contributed by atoms with E-state index in [1.54, 1.807) is 6.26 Å². The molecule has 3 aliphatic rings. The molecule has 1 heterocycles. The summed E-state index contributed by atoms with van der Waals surface area (Å²) in [5.41, 5.74) is 2.57. The third-order valence-electron chi connectivity index (χ3n) is 6.58. The second-order valence-electron chi connectivity index (χ2n) is 8.30. The van der Waals surface area contributed by atoms with E-state index >= 15 is 0 Å². The number of carbonyl (C=O) groups excluding carboxylic acids is 1. The first-order chi connectivity index (χ1) is 11.0. The minimum atomic E-state index is 0.329. The Labute approximate surface area is 138 Å². The van der Waals surface area contributed by atoms with Crippen molar-refractivity contribution < 1.29 is 9.21 Å². The van der Waals surface area contributed by atoms with Gasteiger partial charge in [-0.2, -0.15) is 0 Å². The molecule has 1 N–H and O–H groups in total. The number of hydrogen-bond acceptors (Lipinski definition) is 3. The van der Waals surface area contributed by atoms with Crippen LogP contribution in [-0.4, -0.2) is 11.8 Å². The van der Waals surface area contributed by atoms with Gasteiger partial charge >= 0.3 is 0 Å². The number of rotatable bonds is 4. The maximum absolute atomic E-state index is 12.3. The molecule has 3 aliphatic carbocycles. The molecule has 23 heavy (non-hydrogen) atoms. The predicted molar refractivity (Wildman–Crippen MR) is 89.8 cm³/mol. The number of carbonyl (C=O) groups is 1. The van der Waals surface area contributed by atoms with E-state index in [9.17, 15) is 4.79 Å². The van der Waals surface area contributed by atoms with E-state index in [2.05, 4.69) is 32.2 Å². The van der Waals surface area contributed by atoms with Crippen LogP contribution in [0.1, 0.15) is 52.2 Å². The molecule has 3 nitrogen and oxygen atoms in total. The van der Waals surface area contributed by atoms with E-state index in [0.717, 1.165) is 29.9 Å². The van der Waals surface area contributed by atoms with Crippen molar-refractivity contribution >= 4 is 5.78 Å². The minimum Gasteiger partial charge on any atom is -0.469 e. The zero-order chi connectivity index (χ0) is 16.2. The fourth-order valence-corrected chi connectivity index (χ4v) is 5.14. The summed E-state index contributed by atoms with van der Waals surface area (Å²) in [4.78, 5) is 12.3. The molecule has 0 aliphatic heterocycles. The van der Waals surface area contributed by atoms with E-state index in [0.29, 0.717) is 35.0 Å². The fraction of sp³-hybridized carbons (Fsp3) is 0.650. The van der Waals surface area contributed by atoms with Crippen molar-refractivity contribution in [3.8, 4) is 0 Å². The van der Waals surface area contributed by atoms with E-state index in [4.69, 9.17) is 4.42 Å². The molecule has 0 aromatic carbocycles. The van der Waals surface area contributed by atoms with E-state index < -0.39 is 0 Å². The molecule has 1 aromatic rings. The second kappa shape index (κ2) is 5.25. The predicted octanol–water partition coefficient (Wildman–Crippen LogP) is 4.10. The van der Waals surface area contributed by atoms with Gasteiger partial charge in [0, 0.05) is 30.2 Å². The first kappa shape index (κ1) is 15.0. The van der Waals surface area contributed by atoms with Gasteiger partial charge in [0.2, 0.25) is 0 Å². The molecular weight excluding hydrogens is 286 g/mol. The van der Waals surface area contributed by atoms with Gasteiger partial charge in [-0.25, -0.2) is 0 Å². The highest BCUT2D eigenvalue weighted by Gasteiger charge is 2.65. The largest absolute Gasteiger partial charge is 0.469 e. The Morgan fingerprint density at radius 1 is 1.39 bits per heavy atom. The summed E-state index contributed by atoms with van der Waals surface area (Å²) < 4.78 is 5.52. The Balaban J connectivity index is 1.48. The Bertz CT molecular complexity index is 641. The van der Waals surface area contributed by atoms with Gasteiger partial charge in [0.15, 0.2) is 5.78 Å². The van der Waals surface area contributed by atoms with Crippen molar-refractivity contribution in [2.24, 2.45) is 23.2 Å². The summed E-state index contributed by atoms with van der Waals surface area (Å²) in [5.74, 6) is 3.15. The van der Waals surface area contributed by atoms with Crippen LogP contribution in [0.2, 0.25) is 0 Å². The van der Waals surface area contributed by atoms with Crippen LogP contribution in [0.25, 0.3) is 0 Å². The van der Waals surface area contributed by atoms with Crippen LogP contribution >= 0.6 is 0 Å². The maximum atomic E-state index is 12.3. The Hall–Kier alpha value is -1.51. The van der Waals surface area contributed by atoms with Gasteiger partial charge in [-0.1, -0.05) is 20.3 Å². The number of furan rings is 1. The number of hydrogen-bond donors (Lipinski definition) is 1. The van der Waals surface area contributed by atoms with Crippen molar-refractivity contribution in [2.45, 2.75) is 58.9 Å². The van der Waals surface area contributed by atoms with Gasteiger partial charge < -0.3 is 9.73 Å². The average molecular weight is 313 g/mol. The highest BCUT2D eigenvalue weighted by atomic mass is 16.3. The smallest absolute Gasteiger partial charge is 0.161 e. The lowest BCUT2D eigenvalue weighted by molar-refractivity contribution is -0.115. The SMILES string of the molecule is C/C(N[C@H]1CCC[C@H]1Cc1ccco1)=C1/C(=O)C[C@@H]2[C@H]1C2(C)C. The minimum absolute atomic E-state index is 0.329. The van der Waals surface area contributed by atoms with Crippen molar-refractivity contribution in [3.63, 3.8) is 0 Å². The molecule has 124 valence electrons. The molecule has 0 bridgehead atoms. The fourth-order valence-electron chi connectivity index (χ4n) is 5.14. The van der Waals surface area contributed by atoms with Gasteiger partial charge in [-0.05, 0) is 55.1 Å². The van der Waals surface area contributed by atoms with Crippen LogP contribution in [0.15, 0.2) is 34.1 Å². The summed E-state index contributed by atoms with van der Waals surface area (Å²) in [6.07, 6.45) is 7.21. The van der Waals surface area contributed by atoms with Crippen molar-refractivity contribution in [2.75, 3.05) is 0 Å². The molecular formula is C20H27NO2. The summed E-state index contributed by atoms with van der Waals surface area (Å²) in [6, 6.07) is 4.51. The zero-order valence-electron chi connectivity index (χ0n) is 14.4. The molecule has 1 aromatic heterocycles. The van der Waals surface area contributed by atoms with E-state index in [1.165, 1.54) is 19.3 Å². The molecule has 3 saturated carbocycles. The Morgan fingerprint density at radius 2 is 2.22 bits per heavy atom. The molecule has 0 spiro atoms. The standard InChI is InChI=1S/C20H27NO2/c1-12(18-17(22)11-15-19(18)20(15,2)3)21-16-8-4-6-13(16)10-14-7-5-9-23-14/h5,7,9,13,15-16,19,21H,4,6,8,10-11H2,1-3H3/b18-12+/t13-,15+,16-,19+/m0/s1. The second-order valence-corrected chi connectivity index (χ2v) is 8.30.